The van der Waals surface area contributed by atoms with E-state index in [-0.39, 0.29) is 6.04 Å². The van der Waals surface area contributed by atoms with Crippen molar-refractivity contribution in [3.8, 4) is 0 Å². The van der Waals surface area contributed by atoms with Gasteiger partial charge in [0.2, 0.25) is 0 Å². The van der Waals surface area contributed by atoms with Crippen molar-refractivity contribution in [2.24, 2.45) is 5.73 Å². The Morgan fingerprint density at radius 2 is 2.07 bits per heavy atom. The van der Waals surface area contributed by atoms with E-state index in [0.717, 1.165) is 24.5 Å². The van der Waals surface area contributed by atoms with Crippen LogP contribution in [-0.4, -0.2) is 6.04 Å². The van der Waals surface area contributed by atoms with Crippen LogP contribution in [0, 0.1) is 11.6 Å². The molecule has 0 amide bonds. The first-order valence-corrected chi connectivity index (χ1v) is 4.58. The molecule has 1 atom stereocenters. The van der Waals surface area contributed by atoms with E-state index in [2.05, 4.69) is 0 Å². The van der Waals surface area contributed by atoms with Crippen LogP contribution >= 0.6 is 0 Å². The molecule has 0 aromatic heterocycles. The number of nitrogens with two attached hydrogens (primary N) is 1. The topological polar surface area (TPSA) is 26.0 Å². The lowest BCUT2D eigenvalue weighted by Gasteiger charge is -2.03. The fraction of sp³-hybridized carbons (Fsp3) is 0.273. The summed E-state index contributed by atoms with van der Waals surface area (Å²) in [5.41, 5.74) is 7.03. The summed E-state index contributed by atoms with van der Waals surface area (Å²) < 4.78 is 25.9. The molecule has 74 valence electrons. The van der Waals surface area contributed by atoms with Gasteiger partial charge in [0.25, 0.3) is 0 Å². The number of rotatable bonds is 1. The molecule has 1 aliphatic carbocycles. The Morgan fingerprint density at radius 1 is 1.29 bits per heavy atom. The lowest BCUT2D eigenvalue weighted by molar-refractivity contribution is 0.580. The Balaban J connectivity index is 2.37. The van der Waals surface area contributed by atoms with E-state index in [4.69, 9.17) is 5.73 Å². The van der Waals surface area contributed by atoms with E-state index < -0.39 is 11.6 Å². The third-order valence-corrected chi connectivity index (χ3v) is 2.44. The third kappa shape index (κ3) is 1.68. The monoisotopic (exact) mass is 195 g/mol. The summed E-state index contributed by atoms with van der Waals surface area (Å²) in [5, 5.41) is 0. The highest BCUT2D eigenvalue weighted by atomic mass is 19.1. The van der Waals surface area contributed by atoms with Gasteiger partial charge in [-0.05, 0) is 30.5 Å². The first-order chi connectivity index (χ1) is 6.66. The zero-order valence-electron chi connectivity index (χ0n) is 7.63. The smallest absolute Gasteiger partial charge is 0.133 e. The van der Waals surface area contributed by atoms with Crippen LogP contribution in [0.5, 0.6) is 0 Å². The highest BCUT2D eigenvalue weighted by molar-refractivity contribution is 5.68. The molecule has 14 heavy (non-hydrogen) atoms. The van der Waals surface area contributed by atoms with Crippen LogP contribution < -0.4 is 5.73 Å². The van der Waals surface area contributed by atoms with Crippen LogP contribution in [0.3, 0.4) is 0 Å². The number of benzene rings is 1. The molecule has 2 rings (SSSR count). The van der Waals surface area contributed by atoms with E-state index in [0.29, 0.717) is 5.56 Å². The first-order valence-electron chi connectivity index (χ1n) is 4.58. The predicted molar refractivity (Wildman–Crippen MR) is 51.5 cm³/mol. The second-order valence-corrected chi connectivity index (χ2v) is 3.52. The van der Waals surface area contributed by atoms with Gasteiger partial charge in [0.05, 0.1) is 0 Å². The summed E-state index contributed by atoms with van der Waals surface area (Å²) in [6.45, 7) is 0. The zero-order chi connectivity index (χ0) is 10.1. The highest BCUT2D eigenvalue weighted by Crippen LogP contribution is 2.28. The molecule has 2 N–H and O–H groups in total. The molecule has 0 saturated carbocycles. The molecule has 1 nitrogen and oxygen atoms in total. The Hall–Kier alpha value is -1.22. The summed E-state index contributed by atoms with van der Waals surface area (Å²) in [5.74, 6) is -1.06. The Kier molecular flexibility index (Phi) is 2.33. The van der Waals surface area contributed by atoms with Crippen LogP contribution in [0.2, 0.25) is 0 Å². The average Bonchev–Trinajstić information content (AvgIpc) is 2.51. The van der Waals surface area contributed by atoms with Crippen LogP contribution in [0.15, 0.2) is 24.3 Å². The maximum atomic E-state index is 13.3. The number of hydrogen-bond acceptors (Lipinski definition) is 1. The molecule has 0 bridgehead atoms. The summed E-state index contributed by atoms with van der Waals surface area (Å²) >= 11 is 0. The Morgan fingerprint density at radius 3 is 2.64 bits per heavy atom. The molecule has 0 radical (unpaired) electrons. The van der Waals surface area contributed by atoms with Crippen molar-refractivity contribution in [3.63, 3.8) is 0 Å². The standard InChI is InChI=1S/C11H11F2N/c12-8-2-4-10(11(13)6-8)7-1-3-9(14)5-7/h2,4-6,9H,1,3,14H2. The molecular formula is C11H11F2N. The number of hydrogen-bond donors (Lipinski definition) is 1. The van der Waals surface area contributed by atoms with Crippen molar-refractivity contribution in [1.82, 2.24) is 0 Å². The molecule has 0 fully saturated rings. The van der Waals surface area contributed by atoms with Crippen molar-refractivity contribution >= 4 is 5.57 Å². The largest absolute Gasteiger partial charge is 0.324 e. The van der Waals surface area contributed by atoms with Gasteiger partial charge < -0.3 is 5.73 Å². The van der Waals surface area contributed by atoms with Gasteiger partial charge >= 0.3 is 0 Å². The maximum Gasteiger partial charge on any atom is 0.133 e. The SMILES string of the molecule is NC1C=C(c2ccc(F)cc2F)CC1. The Bertz CT molecular complexity index is 385. The number of allylic oxidation sites excluding steroid dienone is 1. The first kappa shape index (κ1) is 9.34. The minimum Gasteiger partial charge on any atom is -0.324 e. The summed E-state index contributed by atoms with van der Waals surface area (Å²) in [4.78, 5) is 0. The lowest BCUT2D eigenvalue weighted by atomic mass is 10.1. The molecule has 3 heteroatoms. The van der Waals surface area contributed by atoms with Gasteiger partial charge in [0.15, 0.2) is 0 Å². The van der Waals surface area contributed by atoms with Gasteiger partial charge in [0.1, 0.15) is 11.6 Å². The van der Waals surface area contributed by atoms with Crippen molar-refractivity contribution < 1.29 is 8.78 Å². The van der Waals surface area contributed by atoms with Crippen molar-refractivity contribution in [3.05, 3.63) is 41.5 Å². The minimum absolute atomic E-state index is 0.00875. The van der Waals surface area contributed by atoms with Crippen molar-refractivity contribution in [2.45, 2.75) is 18.9 Å². The van der Waals surface area contributed by atoms with Gasteiger partial charge in [-0.3, -0.25) is 0 Å². The van der Waals surface area contributed by atoms with Crippen LogP contribution in [-0.2, 0) is 0 Å². The van der Waals surface area contributed by atoms with Crippen molar-refractivity contribution in [1.29, 1.82) is 0 Å². The third-order valence-electron chi connectivity index (χ3n) is 2.44. The summed E-state index contributed by atoms with van der Waals surface area (Å²) in [6.07, 6.45) is 3.45. The molecule has 1 aromatic carbocycles. The minimum atomic E-state index is -0.547. The van der Waals surface area contributed by atoms with E-state index in [1.807, 2.05) is 6.08 Å². The molecular weight excluding hydrogens is 184 g/mol. The fourth-order valence-corrected chi connectivity index (χ4v) is 1.72. The van der Waals surface area contributed by atoms with E-state index in [1.54, 1.807) is 0 Å². The van der Waals surface area contributed by atoms with Gasteiger partial charge in [-0.1, -0.05) is 6.08 Å². The van der Waals surface area contributed by atoms with Gasteiger partial charge in [-0.15, -0.1) is 0 Å². The highest BCUT2D eigenvalue weighted by Gasteiger charge is 2.16. The number of halogens is 2. The second-order valence-electron chi connectivity index (χ2n) is 3.52. The molecule has 1 aromatic rings. The average molecular weight is 195 g/mol. The Labute approximate surface area is 81.2 Å². The molecule has 1 aliphatic rings. The quantitative estimate of drug-likeness (QED) is 0.731. The normalized spacial score (nSPS) is 21.1. The van der Waals surface area contributed by atoms with Crippen LogP contribution in [0.4, 0.5) is 8.78 Å². The molecule has 0 aliphatic heterocycles. The van der Waals surface area contributed by atoms with E-state index in [9.17, 15) is 8.78 Å². The zero-order valence-corrected chi connectivity index (χ0v) is 7.63. The van der Waals surface area contributed by atoms with Gasteiger partial charge in [-0.2, -0.15) is 0 Å². The second kappa shape index (κ2) is 3.50. The molecule has 0 spiro atoms. The predicted octanol–water partition coefficient (Wildman–Crippen LogP) is 2.47. The molecule has 1 unspecified atom stereocenters. The molecule has 0 saturated heterocycles. The van der Waals surface area contributed by atoms with Gasteiger partial charge in [-0.25, -0.2) is 8.78 Å². The maximum absolute atomic E-state index is 13.3. The van der Waals surface area contributed by atoms with Crippen LogP contribution in [0.25, 0.3) is 5.57 Å². The van der Waals surface area contributed by atoms with Crippen LogP contribution in [0.1, 0.15) is 18.4 Å². The molecule has 0 heterocycles. The summed E-state index contributed by atoms with van der Waals surface area (Å²) in [7, 11) is 0. The fourth-order valence-electron chi connectivity index (χ4n) is 1.72. The van der Waals surface area contributed by atoms with Crippen molar-refractivity contribution in [2.75, 3.05) is 0 Å². The lowest BCUT2D eigenvalue weighted by Crippen LogP contribution is -2.11. The summed E-state index contributed by atoms with van der Waals surface area (Å²) in [6, 6.07) is 3.65. The van der Waals surface area contributed by atoms with Gasteiger partial charge in [0, 0.05) is 17.7 Å². The van der Waals surface area contributed by atoms with E-state index >= 15 is 0 Å². The van der Waals surface area contributed by atoms with E-state index in [1.165, 1.54) is 12.1 Å².